The van der Waals surface area contributed by atoms with Crippen molar-refractivity contribution in [2.45, 2.75) is 32.2 Å². The van der Waals surface area contributed by atoms with Crippen LogP contribution in [0.15, 0.2) is 0 Å². The van der Waals surface area contributed by atoms with Gasteiger partial charge in [-0.05, 0) is 13.8 Å². The molecule has 0 saturated carbocycles. The van der Waals surface area contributed by atoms with Crippen LogP contribution in [0.1, 0.15) is 20.3 Å². The molecule has 1 aliphatic rings. The average Bonchev–Trinajstić information content (AvgIpc) is 2.12. The summed E-state index contributed by atoms with van der Waals surface area (Å²) < 4.78 is 10.6. The summed E-state index contributed by atoms with van der Waals surface area (Å²) >= 11 is 0. The molecule has 0 amide bonds. The molecule has 60 valence electrons. The summed E-state index contributed by atoms with van der Waals surface area (Å²) in [5.41, 5.74) is -0.167. The third-order valence-corrected chi connectivity index (χ3v) is 1.43. The van der Waals surface area contributed by atoms with Gasteiger partial charge in [-0.2, -0.15) is 0 Å². The summed E-state index contributed by atoms with van der Waals surface area (Å²) in [6.45, 7) is 4.70. The van der Waals surface area contributed by atoms with Gasteiger partial charge in [-0.3, -0.25) is 0 Å². The predicted molar refractivity (Wildman–Crippen MR) is 36.6 cm³/mol. The zero-order valence-electron chi connectivity index (χ0n) is 6.46. The zero-order chi connectivity index (χ0) is 7.61. The van der Waals surface area contributed by atoms with Crippen LogP contribution < -0.4 is 0 Å². The number of aliphatic hydroxyl groups excluding tert-OH is 1. The van der Waals surface area contributed by atoms with Crippen molar-refractivity contribution in [1.82, 2.24) is 0 Å². The van der Waals surface area contributed by atoms with Gasteiger partial charge in [0.2, 0.25) is 0 Å². The fourth-order valence-corrected chi connectivity index (χ4v) is 0.965. The highest BCUT2D eigenvalue weighted by molar-refractivity contribution is 4.73. The molecule has 0 aliphatic carbocycles. The monoisotopic (exact) mass is 146 g/mol. The van der Waals surface area contributed by atoms with Gasteiger partial charge in [-0.15, -0.1) is 0 Å². The molecule has 0 aromatic carbocycles. The Kier molecular flexibility index (Phi) is 2.28. The van der Waals surface area contributed by atoms with E-state index >= 15 is 0 Å². The van der Waals surface area contributed by atoms with Gasteiger partial charge in [-0.25, -0.2) is 0 Å². The standard InChI is InChI=1S/C7H14O3/c1-7(2)5-9-6(10-7)3-4-8/h6,8H,3-5H2,1-2H3. The lowest BCUT2D eigenvalue weighted by molar-refractivity contribution is -0.0881. The SMILES string of the molecule is CC1(C)COC(CCO)O1. The molecule has 1 N–H and O–H groups in total. The van der Waals surface area contributed by atoms with Crippen LogP contribution >= 0.6 is 0 Å². The van der Waals surface area contributed by atoms with E-state index in [9.17, 15) is 0 Å². The Labute approximate surface area is 60.9 Å². The number of hydrogen-bond donors (Lipinski definition) is 1. The van der Waals surface area contributed by atoms with Crippen LogP contribution in [0, 0.1) is 0 Å². The molecule has 1 rings (SSSR count). The highest BCUT2D eigenvalue weighted by Crippen LogP contribution is 2.23. The maximum atomic E-state index is 8.54. The van der Waals surface area contributed by atoms with E-state index < -0.39 is 0 Å². The molecule has 10 heavy (non-hydrogen) atoms. The van der Waals surface area contributed by atoms with Gasteiger partial charge >= 0.3 is 0 Å². The summed E-state index contributed by atoms with van der Waals surface area (Å²) in [5, 5.41) is 8.54. The van der Waals surface area contributed by atoms with Gasteiger partial charge in [0.1, 0.15) is 0 Å². The van der Waals surface area contributed by atoms with Gasteiger partial charge in [0.15, 0.2) is 6.29 Å². The van der Waals surface area contributed by atoms with Crippen LogP contribution in [-0.4, -0.2) is 30.2 Å². The Morgan fingerprint density at radius 1 is 1.60 bits per heavy atom. The van der Waals surface area contributed by atoms with E-state index in [2.05, 4.69) is 0 Å². The molecule has 0 aromatic heterocycles. The second kappa shape index (κ2) is 2.86. The topological polar surface area (TPSA) is 38.7 Å². The van der Waals surface area contributed by atoms with Gasteiger partial charge in [0.05, 0.1) is 12.2 Å². The first-order chi connectivity index (χ1) is 4.64. The van der Waals surface area contributed by atoms with Crippen molar-refractivity contribution in [1.29, 1.82) is 0 Å². The first kappa shape index (κ1) is 7.98. The Morgan fingerprint density at radius 2 is 2.30 bits per heavy atom. The van der Waals surface area contributed by atoms with Crippen LogP contribution in [0.2, 0.25) is 0 Å². The smallest absolute Gasteiger partial charge is 0.160 e. The third kappa shape index (κ3) is 1.94. The fraction of sp³-hybridized carbons (Fsp3) is 1.00. The number of rotatable bonds is 2. The Balaban J connectivity index is 2.29. The molecule has 3 nitrogen and oxygen atoms in total. The van der Waals surface area contributed by atoms with E-state index in [0.29, 0.717) is 13.0 Å². The first-order valence-corrected chi connectivity index (χ1v) is 3.54. The van der Waals surface area contributed by atoms with Crippen LogP contribution in [0.3, 0.4) is 0 Å². The van der Waals surface area contributed by atoms with E-state index in [0.717, 1.165) is 0 Å². The summed E-state index contributed by atoms with van der Waals surface area (Å²) in [4.78, 5) is 0. The Morgan fingerprint density at radius 3 is 2.70 bits per heavy atom. The molecule has 1 unspecified atom stereocenters. The first-order valence-electron chi connectivity index (χ1n) is 3.54. The van der Waals surface area contributed by atoms with Crippen LogP contribution in [0.25, 0.3) is 0 Å². The molecule has 1 saturated heterocycles. The van der Waals surface area contributed by atoms with E-state index in [4.69, 9.17) is 14.6 Å². The zero-order valence-corrected chi connectivity index (χ0v) is 6.46. The maximum absolute atomic E-state index is 8.54. The lowest BCUT2D eigenvalue weighted by Crippen LogP contribution is -2.23. The molecule has 3 heteroatoms. The highest BCUT2D eigenvalue weighted by Gasteiger charge is 2.31. The second-order valence-corrected chi connectivity index (χ2v) is 3.13. The van der Waals surface area contributed by atoms with E-state index in [1.165, 1.54) is 0 Å². The minimum Gasteiger partial charge on any atom is -0.396 e. The van der Waals surface area contributed by atoms with Crippen molar-refractivity contribution >= 4 is 0 Å². The number of ether oxygens (including phenoxy) is 2. The van der Waals surface area contributed by atoms with Gasteiger partial charge < -0.3 is 14.6 Å². The van der Waals surface area contributed by atoms with E-state index in [1.807, 2.05) is 13.8 Å². The quantitative estimate of drug-likeness (QED) is 0.617. The summed E-state index contributed by atoms with van der Waals surface area (Å²) in [7, 11) is 0. The Hall–Kier alpha value is -0.120. The largest absolute Gasteiger partial charge is 0.396 e. The third-order valence-electron chi connectivity index (χ3n) is 1.43. The summed E-state index contributed by atoms with van der Waals surface area (Å²) in [5.74, 6) is 0. The lowest BCUT2D eigenvalue weighted by atomic mass is 10.2. The maximum Gasteiger partial charge on any atom is 0.160 e. The van der Waals surface area contributed by atoms with Crippen molar-refractivity contribution in [3.05, 3.63) is 0 Å². The van der Waals surface area contributed by atoms with Crippen molar-refractivity contribution in [3.8, 4) is 0 Å². The van der Waals surface area contributed by atoms with Crippen LogP contribution in [-0.2, 0) is 9.47 Å². The molecule has 0 bridgehead atoms. The van der Waals surface area contributed by atoms with Gasteiger partial charge in [0.25, 0.3) is 0 Å². The molecular formula is C7H14O3. The lowest BCUT2D eigenvalue weighted by Gasteiger charge is -2.14. The highest BCUT2D eigenvalue weighted by atomic mass is 16.7. The van der Waals surface area contributed by atoms with Crippen molar-refractivity contribution < 1.29 is 14.6 Å². The van der Waals surface area contributed by atoms with Crippen molar-refractivity contribution in [2.24, 2.45) is 0 Å². The molecule has 1 atom stereocenters. The molecule has 0 radical (unpaired) electrons. The molecule has 1 fully saturated rings. The average molecular weight is 146 g/mol. The molecule has 1 aliphatic heterocycles. The van der Waals surface area contributed by atoms with E-state index in [-0.39, 0.29) is 18.5 Å². The van der Waals surface area contributed by atoms with Crippen molar-refractivity contribution in [3.63, 3.8) is 0 Å². The number of hydrogen-bond acceptors (Lipinski definition) is 3. The summed E-state index contributed by atoms with van der Waals surface area (Å²) in [6.07, 6.45) is 0.378. The van der Waals surface area contributed by atoms with Gasteiger partial charge in [-0.1, -0.05) is 0 Å². The number of aliphatic hydroxyl groups is 1. The molecule has 1 heterocycles. The second-order valence-electron chi connectivity index (χ2n) is 3.13. The molecule has 0 spiro atoms. The minimum atomic E-state index is -0.194. The van der Waals surface area contributed by atoms with Crippen LogP contribution in [0.5, 0.6) is 0 Å². The minimum absolute atomic E-state index is 0.126. The van der Waals surface area contributed by atoms with Crippen LogP contribution in [0.4, 0.5) is 0 Å². The predicted octanol–water partition coefficient (Wildman–Crippen LogP) is 0.520. The van der Waals surface area contributed by atoms with Gasteiger partial charge in [0, 0.05) is 13.0 Å². The van der Waals surface area contributed by atoms with Crippen molar-refractivity contribution in [2.75, 3.05) is 13.2 Å². The molecule has 0 aromatic rings. The normalized spacial score (nSPS) is 30.9. The van der Waals surface area contributed by atoms with E-state index in [1.54, 1.807) is 0 Å². The summed E-state index contributed by atoms with van der Waals surface area (Å²) in [6, 6.07) is 0. The molecular weight excluding hydrogens is 132 g/mol. The fourth-order valence-electron chi connectivity index (χ4n) is 0.965. The Bertz CT molecular complexity index is 111.